The molecule has 0 spiro atoms. The lowest BCUT2D eigenvalue weighted by Gasteiger charge is -2.36. The topological polar surface area (TPSA) is 150 Å². The van der Waals surface area contributed by atoms with Gasteiger partial charge in [-0.2, -0.15) is 0 Å². The summed E-state index contributed by atoms with van der Waals surface area (Å²) in [6, 6.07) is -2.56. The molecule has 5 atom stereocenters. The maximum atomic E-state index is 14.7. The smallest absolute Gasteiger partial charge is 0.246 e. The van der Waals surface area contributed by atoms with E-state index in [1.807, 2.05) is 20.8 Å². The molecule has 3 amide bonds. The molecule has 2 N–H and O–H groups in total. The highest BCUT2D eigenvalue weighted by atomic mass is 32.2. The summed E-state index contributed by atoms with van der Waals surface area (Å²) in [6.07, 6.45) is 10.3. The van der Waals surface area contributed by atoms with Gasteiger partial charge < -0.3 is 15.5 Å². The zero-order chi connectivity index (χ0) is 36.9. The van der Waals surface area contributed by atoms with Crippen LogP contribution in [-0.2, 0) is 34.0 Å². The minimum Gasteiger partial charge on any atom is -0.344 e. The third-order valence-corrected chi connectivity index (χ3v) is 12.3. The molecule has 49 heavy (non-hydrogen) atoms. The molecule has 1 saturated heterocycles. The monoisotopic (exact) mass is 708 g/mol. The zero-order valence-electron chi connectivity index (χ0n) is 31.6. The molecule has 1 aliphatic heterocycles. The first-order valence-corrected chi connectivity index (χ1v) is 20.3. The number of Topliss-reactive ketones (excluding diaryl/α,β-unsaturated/α-hetero) is 2. The van der Waals surface area contributed by atoms with Gasteiger partial charge in [-0.05, 0) is 66.6 Å². The van der Waals surface area contributed by atoms with Crippen molar-refractivity contribution in [1.82, 2.24) is 19.8 Å². The van der Waals surface area contributed by atoms with Gasteiger partial charge in [-0.1, -0.05) is 80.1 Å². The summed E-state index contributed by atoms with van der Waals surface area (Å²) in [4.78, 5) is 69.2. The zero-order valence-corrected chi connectivity index (χ0v) is 32.4. The summed E-state index contributed by atoms with van der Waals surface area (Å²) in [5, 5.41) is 5.98. The van der Waals surface area contributed by atoms with Gasteiger partial charge >= 0.3 is 0 Å². The van der Waals surface area contributed by atoms with Gasteiger partial charge in [0, 0.05) is 33.5 Å². The molecule has 11 nitrogen and oxygen atoms in total. The Morgan fingerprint density at radius 3 is 1.98 bits per heavy atom. The van der Waals surface area contributed by atoms with Gasteiger partial charge in [0.2, 0.25) is 33.5 Å². The SMILES string of the molecule is CC(=O)C(=O)C(CC1CCC1)NC(=O)[C@@H]1C[C@@H](CC(C)(C)C)CN1C(=O)[C@@H](NC(=O)C[C@H](CN(C)S(C)(=O)=O)C(C)(C)C)C1CCCCC1. The summed E-state index contributed by atoms with van der Waals surface area (Å²) in [6.45, 7) is 14.1. The maximum absolute atomic E-state index is 14.7. The molecule has 3 rings (SSSR count). The van der Waals surface area contributed by atoms with Crippen molar-refractivity contribution >= 4 is 39.3 Å². The predicted molar refractivity (Wildman–Crippen MR) is 191 cm³/mol. The number of rotatable bonds is 15. The van der Waals surface area contributed by atoms with Crippen LogP contribution in [0.2, 0.25) is 0 Å². The fourth-order valence-electron chi connectivity index (χ4n) is 7.81. The van der Waals surface area contributed by atoms with Gasteiger partial charge in [0.05, 0.1) is 12.3 Å². The van der Waals surface area contributed by atoms with Crippen LogP contribution in [0.5, 0.6) is 0 Å². The van der Waals surface area contributed by atoms with Crippen LogP contribution in [0.15, 0.2) is 0 Å². The number of nitrogens with zero attached hydrogens (tertiary/aromatic N) is 2. The van der Waals surface area contributed by atoms with Crippen molar-refractivity contribution in [2.45, 2.75) is 144 Å². The highest BCUT2D eigenvalue weighted by molar-refractivity contribution is 7.88. The molecule has 2 aliphatic carbocycles. The van der Waals surface area contributed by atoms with Gasteiger partial charge in [-0.25, -0.2) is 12.7 Å². The van der Waals surface area contributed by atoms with Crippen LogP contribution in [0.25, 0.3) is 0 Å². The van der Waals surface area contributed by atoms with E-state index in [2.05, 4.69) is 31.4 Å². The quantitative estimate of drug-likeness (QED) is 0.238. The summed E-state index contributed by atoms with van der Waals surface area (Å²) >= 11 is 0. The Morgan fingerprint density at radius 1 is 0.878 bits per heavy atom. The Balaban J connectivity index is 1.89. The van der Waals surface area contributed by atoms with E-state index in [0.29, 0.717) is 19.4 Å². The Labute approximate surface area is 295 Å². The van der Waals surface area contributed by atoms with E-state index in [1.54, 1.807) is 4.90 Å². The molecule has 1 heterocycles. The summed E-state index contributed by atoms with van der Waals surface area (Å²) in [7, 11) is -1.94. The van der Waals surface area contributed by atoms with Crippen molar-refractivity contribution in [2.75, 3.05) is 26.4 Å². The van der Waals surface area contributed by atoms with E-state index in [-0.39, 0.29) is 59.3 Å². The highest BCUT2D eigenvalue weighted by Gasteiger charge is 2.46. The van der Waals surface area contributed by atoms with Crippen molar-refractivity contribution in [3.8, 4) is 0 Å². The first kappa shape index (κ1) is 41.1. The number of hydrogen-bond acceptors (Lipinski definition) is 7. The van der Waals surface area contributed by atoms with Gasteiger partial charge in [0.15, 0.2) is 5.78 Å². The largest absolute Gasteiger partial charge is 0.344 e. The Bertz CT molecular complexity index is 1310. The number of ketones is 2. The molecule has 280 valence electrons. The van der Waals surface area contributed by atoms with Crippen molar-refractivity contribution in [3.05, 3.63) is 0 Å². The molecule has 1 unspecified atom stereocenters. The minimum absolute atomic E-state index is 0.0415. The van der Waals surface area contributed by atoms with E-state index >= 15 is 0 Å². The lowest BCUT2D eigenvalue weighted by molar-refractivity contribution is -0.144. The van der Waals surface area contributed by atoms with Crippen molar-refractivity contribution in [3.63, 3.8) is 0 Å². The molecule has 12 heteroatoms. The van der Waals surface area contributed by atoms with Crippen molar-refractivity contribution in [2.24, 2.45) is 34.5 Å². The molecule has 0 aromatic heterocycles. The van der Waals surface area contributed by atoms with Crippen LogP contribution in [0, 0.1) is 34.5 Å². The van der Waals surface area contributed by atoms with E-state index in [0.717, 1.165) is 64.0 Å². The standard InChI is InChI=1S/C37H64N4O7S/c1-24(42)33(44)29(18-25-14-13-15-25)38-34(45)30-19-26(21-36(2,3)4)22-41(30)35(46)32(27-16-11-10-12-17-27)39-31(43)20-28(37(5,6)7)23-40(8)49(9,47)48/h25-30,32H,10-23H2,1-9H3,(H,38,45)(H,39,43)/t26-,28+,29?,30-,32-/m0/s1. The minimum atomic E-state index is -3.45. The second-order valence-electron chi connectivity index (χ2n) is 17.6. The summed E-state index contributed by atoms with van der Waals surface area (Å²) in [5.41, 5.74) is -0.424. The van der Waals surface area contributed by atoms with E-state index in [9.17, 15) is 32.4 Å². The Morgan fingerprint density at radius 2 is 1.49 bits per heavy atom. The van der Waals surface area contributed by atoms with Crippen molar-refractivity contribution in [1.29, 1.82) is 0 Å². The van der Waals surface area contributed by atoms with Crippen molar-refractivity contribution < 1.29 is 32.4 Å². The first-order valence-electron chi connectivity index (χ1n) is 18.4. The molecular weight excluding hydrogens is 644 g/mol. The van der Waals surface area contributed by atoms with Gasteiger partial charge in [0.25, 0.3) is 0 Å². The molecule has 0 bridgehead atoms. The average Bonchev–Trinajstić information content (AvgIpc) is 3.37. The van der Waals surface area contributed by atoms with Crippen LogP contribution in [0.1, 0.15) is 126 Å². The number of hydrogen-bond donors (Lipinski definition) is 2. The van der Waals surface area contributed by atoms with Gasteiger partial charge in [0.1, 0.15) is 12.1 Å². The molecule has 3 fully saturated rings. The fourth-order valence-corrected chi connectivity index (χ4v) is 8.26. The van der Waals surface area contributed by atoms with Crippen LogP contribution in [-0.4, -0.2) is 91.4 Å². The lowest BCUT2D eigenvalue weighted by atomic mass is 9.78. The molecule has 3 aliphatic rings. The Hall–Kier alpha value is -2.34. The highest BCUT2D eigenvalue weighted by Crippen LogP contribution is 2.37. The molecule has 0 aromatic carbocycles. The number of amides is 3. The molecule has 0 aromatic rings. The van der Waals surface area contributed by atoms with Crippen LogP contribution < -0.4 is 10.6 Å². The molecular formula is C37H64N4O7S. The fraction of sp³-hybridized carbons (Fsp3) is 0.865. The normalized spacial score (nSPS) is 23.0. The number of likely N-dealkylation sites (tertiary alicyclic amines) is 1. The van der Waals surface area contributed by atoms with Crippen LogP contribution >= 0.6 is 0 Å². The number of carbonyl (C=O) groups is 5. The summed E-state index contributed by atoms with van der Waals surface area (Å²) in [5.74, 6) is -2.29. The van der Waals surface area contributed by atoms with E-state index in [1.165, 1.54) is 18.3 Å². The Kier molecular flexibility index (Phi) is 14.1. The second-order valence-corrected chi connectivity index (χ2v) is 19.7. The first-order chi connectivity index (χ1) is 22.6. The van der Waals surface area contributed by atoms with Crippen LogP contribution in [0.4, 0.5) is 0 Å². The van der Waals surface area contributed by atoms with Gasteiger partial charge in [-0.15, -0.1) is 0 Å². The van der Waals surface area contributed by atoms with Gasteiger partial charge in [-0.3, -0.25) is 24.0 Å². The lowest BCUT2D eigenvalue weighted by Crippen LogP contribution is -2.58. The van der Waals surface area contributed by atoms with E-state index in [4.69, 9.17) is 0 Å². The third-order valence-electron chi connectivity index (χ3n) is 11.1. The predicted octanol–water partition coefficient (Wildman–Crippen LogP) is 4.48. The molecule has 2 saturated carbocycles. The number of sulfonamides is 1. The van der Waals surface area contributed by atoms with Crippen LogP contribution in [0.3, 0.4) is 0 Å². The average molecular weight is 709 g/mol. The molecule has 0 radical (unpaired) electrons. The third kappa shape index (κ3) is 12.1. The van der Waals surface area contributed by atoms with E-state index < -0.39 is 45.6 Å². The summed E-state index contributed by atoms with van der Waals surface area (Å²) < 4.78 is 25.7. The number of nitrogens with one attached hydrogen (secondary N) is 2. The number of carbonyl (C=O) groups excluding carboxylic acids is 5. The second kappa shape index (κ2) is 16.8. The maximum Gasteiger partial charge on any atom is 0.246 e.